The summed E-state index contributed by atoms with van der Waals surface area (Å²) in [6.45, 7) is 6.47. The molecule has 0 aliphatic carbocycles. The third-order valence-electron chi connectivity index (χ3n) is 4.89. The summed E-state index contributed by atoms with van der Waals surface area (Å²) >= 11 is 0. The van der Waals surface area contributed by atoms with Gasteiger partial charge in [0.1, 0.15) is 5.71 Å². The first-order valence-electron chi connectivity index (χ1n) is 9.14. The Kier molecular flexibility index (Phi) is 5.40. The first-order valence-corrected chi connectivity index (χ1v) is 9.14. The van der Waals surface area contributed by atoms with Crippen molar-refractivity contribution in [2.45, 2.75) is 40.2 Å². The molecule has 5 nitrogen and oxygen atoms in total. The van der Waals surface area contributed by atoms with Crippen LogP contribution in [0.3, 0.4) is 0 Å². The van der Waals surface area contributed by atoms with Crippen molar-refractivity contribution in [1.82, 2.24) is 4.90 Å². The minimum atomic E-state index is -0.138. The summed E-state index contributed by atoms with van der Waals surface area (Å²) in [5.74, 6) is -0.220. The predicted octanol–water partition coefficient (Wildman–Crippen LogP) is 3.75. The Hall–Kier alpha value is -2.95. The zero-order valence-corrected chi connectivity index (χ0v) is 16.3. The van der Waals surface area contributed by atoms with E-state index in [9.17, 15) is 9.59 Å². The lowest BCUT2D eigenvalue weighted by atomic mass is 10.1. The van der Waals surface area contributed by atoms with Gasteiger partial charge in [0.2, 0.25) is 5.91 Å². The predicted molar refractivity (Wildman–Crippen MR) is 108 cm³/mol. The van der Waals surface area contributed by atoms with Gasteiger partial charge in [0.05, 0.1) is 5.69 Å². The van der Waals surface area contributed by atoms with Gasteiger partial charge in [0.15, 0.2) is 0 Å². The second-order valence-electron chi connectivity index (χ2n) is 7.13. The van der Waals surface area contributed by atoms with Crippen LogP contribution in [0, 0.1) is 20.8 Å². The fourth-order valence-electron chi connectivity index (χ4n) is 3.18. The topological polar surface area (TPSA) is 53.0 Å². The lowest BCUT2D eigenvalue weighted by Crippen LogP contribution is -2.40. The van der Waals surface area contributed by atoms with Gasteiger partial charge in [-0.1, -0.05) is 36.4 Å². The number of aryl methyl sites for hydroxylation is 3. The highest BCUT2D eigenvalue weighted by Crippen LogP contribution is 2.25. The van der Waals surface area contributed by atoms with Crippen molar-refractivity contribution < 1.29 is 9.59 Å². The summed E-state index contributed by atoms with van der Waals surface area (Å²) in [5.41, 5.74) is 5.42. The largest absolute Gasteiger partial charge is 0.336 e. The van der Waals surface area contributed by atoms with Crippen molar-refractivity contribution >= 4 is 23.2 Å². The molecular weight excluding hydrogens is 338 g/mol. The van der Waals surface area contributed by atoms with E-state index < -0.39 is 0 Å². The molecule has 140 valence electrons. The Bertz CT molecular complexity index is 918. The number of amides is 2. The fraction of sp³-hybridized carbons (Fsp3) is 0.318. The average Bonchev–Trinajstić information content (AvgIpc) is 2.65. The molecule has 0 saturated carbocycles. The average molecular weight is 363 g/mol. The van der Waals surface area contributed by atoms with E-state index in [4.69, 9.17) is 0 Å². The van der Waals surface area contributed by atoms with Gasteiger partial charge in [-0.25, -0.2) is 5.01 Å². The zero-order chi connectivity index (χ0) is 19.6. The lowest BCUT2D eigenvalue weighted by molar-refractivity contribution is -0.123. The number of rotatable bonds is 4. The minimum Gasteiger partial charge on any atom is -0.336 e. The molecule has 5 heteroatoms. The van der Waals surface area contributed by atoms with Crippen LogP contribution in [0.1, 0.15) is 35.1 Å². The molecule has 1 aliphatic rings. The highest BCUT2D eigenvalue weighted by molar-refractivity contribution is 6.40. The number of benzene rings is 2. The number of hydrogen-bond donors (Lipinski definition) is 0. The van der Waals surface area contributed by atoms with Gasteiger partial charge in [-0.05, 0) is 49.1 Å². The Morgan fingerprint density at radius 3 is 2.56 bits per heavy atom. The van der Waals surface area contributed by atoms with Gasteiger partial charge >= 0.3 is 0 Å². The molecule has 2 aromatic rings. The summed E-state index contributed by atoms with van der Waals surface area (Å²) in [6.07, 6.45) is 0.660. The molecule has 1 aliphatic heterocycles. The summed E-state index contributed by atoms with van der Waals surface area (Å²) in [6, 6.07) is 13.9. The lowest BCUT2D eigenvalue weighted by Gasteiger charge is -2.27. The first kappa shape index (κ1) is 18.8. The third-order valence-corrected chi connectivity index (χ3v) is 4.89. The minimum absolute atomic E-state index is 0.0817. The van der Waals surface area contributed by atoms with E-state index in [0.29, 0.717) is 18.7 Å². The van der Waals surface area contributed by atoms with Crippen LogP contribution < -0.4 is 5.01 Å². The summed E-state index contributed by atoms with van der Waals surface area (Å²) in [5, 5.41) is 5.82. The molecule has 0 saturated heterocycles. The molecule has 0 radical (unpaired) electrons. The van der Waals surface area contributed by atoms with Crippen LogP contribution in [-0.2, 0) is 16.1 Å². The molecule has 0 fully saturated rings. The molecule has 2 amide bonds. The summed E-state index contributed by atoms with van der Waals surface area (Å²) in [7, 11) is 1.77. The maximum absolute atomic E-state index is 12.9. The molecular formula is C22H25N3O2. The molecule has 0 bridgehead atoms. The molecule has 0 N–H and O–H groups in total. The molecule has 0 aromatic heterocycles. The van der Waals surface area contributed by atoms with Gasteiger partial charge in [-0.15, -0.1) is 0 Å². The van der Waals surface area contributed by atoms with Gasteiger partial charge in [0, 0.05) is 26.4 Å². The smallest absolute Gasteiger partial charge is 0.270 e. The number of nitrogens with zero attached hydrogens (tertiary/aromatic N) is 3. The zero-order valence-electron chi connectivity index (χ0n) is 16.3. The molecule has 0 atom stereocenters. The van der Waals surface area contributed by atoms with Crippen molar-refractivity contribution in [3.05, 3.63) is 64.7 Å². The quantitative estimate of drug-likeness (QED) is 0.831. The maximum atomic E-state index is 12.9. The van der Waals surface area contributed by atoms with Crippen molar-refractivity contribution in [1.29, 1.82) is 0 Å². The van der Waals surface area contributed by atoms with Crippen molar-refractivity contribution in [2.75, 3.05) is 12.1 Å². The Morgan fingerprint density at radius 2 is 1.81 bits per heavy atom. The van der Waals surface area contributed by atoms with E-state index in [1.807, 2.05) is 63.2 Å². The van der Waals surface area contributed by atoms with Gasteiger partial charge in [-0.2, -0.15) is 5.10 Å². The van der Waals surface area contributed by atoms with Gasteiger partial charge < -0.3 is 4.90 Å². The van der Waals surface area contributed by atoms with Crippen molar-refractivity contribution in [3.63, 3.8) is 0 Å². The van der Waals surface area contributed by atoms with Crippen LogP contribution in [-0.4, -0.2) is 29.5 Å². The van der Waals surface area contributed by atoms with E-state index in [1.54, 1.807) is 11.9 Å². The van der Waals surface area contributed by atoms with Gasteiger partial charge in [0.25, 0.3) is 5.91 Å². The van der Waals surface area contributed by atoms with E-state index in [1.165, 1.54) is 5.01 Å². The summed E-state index contributed by atoms with van der Waals surface area (Å²) < 4.78 is 0. The highest BCUT2D eigenvalue weighted by Gasteiger charge is 2.28. The van der Waals surface area contributed by atoms with E-state index in [2.05, 4.69) is 5.10 Å². The third kappa shape index (κ3) is 4.08. The molecule has 2 aromatic carbocycles. The van der Waals surface area contributed by atoms with Crippen LogP contribution in [0.5, 0.6) is 0 Å². The van der Waals surface area contributed by atoms with Crippen LogP contribution >= 0.6 is 0 Å². The number of carbonyl (C=O) groups is 2. The molecule has 1 heterocycles. The molecule has 0 spiro atoms. The van der Waals surface area contributed by atoms with Crippen molar-refractivity contribution in [2.24, 2.45) is 5.10 Å². The van der Waals surface area contributed by atoms with Crippen LogP contribution in [0.25, 0.3) is 0 Å². The van der Waals surface area contributed by atoms with Crippen LogP contribution in [0.15, 0.2) is 47.6 Å². The second-order valence-corrected chi connectivity index (χ2v) is 7.13. The Labute approximate surface area is 160 Å². The van der Waals surface area contributed by atoms with Crippen molar-refractivity contribution in [3.8, 4) is 0 Å². The van der Waals surface area contributed by atoms with E-state index in [0.717, 1.165) is 27.9 Å². The maximum Gasteiger partial charge on any atom is 0.270 e. The normalized spacial score (nSPS) is 14.1. The van der Waals surface area contributed by atoms with E-state index in [-0.39, 0.29) is 18.2 Å². The summed E-state index contributed by atoms with van der Waals surface area (Å²) in [4.78, 5) is 27.0. The number of hydrogen-bond acceptors (Lipinski definition) is 3. The highest BCUT2D eigenvalue weighted by atomic mass is 16.2. The van der Waals surface area contributed by atoms with Crippen LogP contribution in [0.4, 0.5) is 5.69 Å². The number of anilines is 1. The first-order chi connectivity index (χ1) is 12.9. The fourth-order valence-corrected chi connectivity index (χ4v) is 3.18. The second kappa shape index (κ2) is 7.74. The van der Waals surface area contributed by atoms with Crippen LogP contribution in [0.2, 0.25) is 0 Å². The van der Waals surface area contributed by atoms with E-state index >= 15 is 0 Å². The molecule has 3 rings (SSSR count). The SMILES string of the molecule is Cc1ccc(C)c(N2N=C(C(=O)N(C)Cc3ccccc3C)CCC2=O)c1. The number of carbonyl (C=O) groups excluding carboxylic acids is 2. The molecule has 0 unspecified atom stereocenters. The standard InChI is InChI=1S/C22H25N3O2/c1-15-9-10-17(3)20(13-15)25-21(26)12-11-19(23-25)22(27)24(4)14-18-8-6-5-7-16(18)2/h5-10,13H,11-12,14H2,1-4H3. The number of hydrazone groups is 1. The molecule has 27 heavy (non-hydrogen) atoms. The Morgan fingerprint density at radius 1 is 1.07 bits per heavy atom. The monoisotopic (exact) mass is 363 g/mol. The Balaban J connectivity index is 1.84. The van der Waals surface area contributed by atoms with Gasteiger partial charge in [-0.3, -0.25) is 9.59 Å².